The lowest BCUT2D eigenvalue weighted by atomic mass is 9.72. The summed E-state index contributed by atoms with van der Waals surface area (Å²) in [7, 11) is 3.36. The lowest BCUT2D eigenvalue weighted by Gasteiger charge is -2.38. The zero-order chi connectivity index (χ0) is 13.9. The molecule has 0 spiro atoms. The van der Waals surface area contributed by atoms with E-state index in [2.05, 4.69) is 35.0 Å². The molecule has 2 rings (SSSR count). The summed E-state index contributed by atoms with van der Waals surface area (Å²) in [6.07, 6.45) is 6.63. The number of ether oxygens (including phenoxy) is 2. The summed E-state index contributed by atoms with van der Waals surface area (Å²) in [6.45, 7) is 2.39. The molecule has 0 amide bonds. The standard InChI is InChI=1S/C16H23BrO2/c1-16(9-5-4-6-10-16)15(17)12-7-8-13(18-2)14(11-12)19-3/h7-8,11,15H,4-6,9-10H2,1-3H3. The van der Waals surface area contributed by atoms with Crippen LogP contribution in [0.5, 0.6) is 11.5 Å². The minimum Gasteiger partial charge on any atom is -0.493 e. The Hall–Kier alpha value is -0.700. The minimum absolute atomic E-state index is 0.345. The molecule has 0 radical (unpaired) electrons. The lowest BCUT2D eigenvalue weighted by Crippen LogP contribution is -2.25. The van der Waals surface area contributed by atoms with Crippen molar-refractivity contribution in [2.75, 3.05) is 14.2 Å². The van der Waals surface area contributed by atoms with E-state index in [1.54, 1.807) is 14.2 Å². The zero-order valence-corrected chi connectivity index (χ0v) is 13.6. The molecule has 1 aromatic carbocycles. The molecule has 1 aromatic rings. The highest BCUT2D eigenvalue weighted by molar-refractivity contribution is 9.09. The molecule has 1 aliphatic carbocycles. The number of methoxy groups -OCH3 is 2. The average molecular weight is 327 g/mol. The highest BCUT2D eigenvalue weighted by Gasteiger charge is 2.35. The van der Waals surface area contributed by atoms with Gasteiger partial charge in [0.25, 0.3) is 0 Å². The molecule has 0 saturated heterocycles. The van der Waals surface area contributed by atoms with Gasteiger partial charge >= 0.3 is 0 Å². The van der Waals surface area contributed by atoms with Crippen molar-refractivity contribution in [1.82, 2.24) is 0 Å². The van der Waals surface area contributed by atoms with Crippen molar-refractivity contribution >= 4 is 15.9 Å². The summed E-state index contributed by atoms with van der Waals surface area (Å²) in [5.41, 5.74) is 1.62. The Bertz CT molecular complexity index is 425. The Morgan fingerprint density at radius 1 is 1.05 bits per heavy atom. The van der Waals surface area contributed by atoms with Gasteiger partial charge in [0.15, 0.2) is 11.5 Å². The fourth-order valence-corrected chi connectivity index (χ4v) is 3.77. The Kier molecular flexibility index (Phi) is 4.77. The second-order valence-corrected chi connectivity index (χ2v) is 6.61. The second-order valence-electron chi connectivity index (χ2n) is 5.69. The van der Waals surface area contributed by atoms with E-state index in [-0.39, 0.29) is 0 Å². The van der Waals surface area contributed by atoms with Crippen molar-refractivity contribution in [1.29, 1.82) is 0 Å². The molecule has 0 aromatic heterocycles. The summed E-state index contributed by atoms with van der Waals surface area (Å²) < 4.78 is 10.7. The summed E-state index contributed by atoms with van der Waals surface area (Å²) in [4.78, 5) is 0.375. The van der Waals surface area contributed by atoms with Crippen LogP contribution in [0.3, 0.4) is 0 Å². The molecule has 0 aliphatic heterocycles. The maximum absolute atomic E-state index is 5.40. The molecule has 3 heteroatoms. The van der Waals surface area contributed by atoms with Gasteiger partial charge in [-0.05, 0) is 36.0 Å². The van der Waals surface area contributed by atoms with Gasteiger partial charge in [-0.2, -0.15) is 0 Å². The van der Waals surface area contributed by atoms with E-state index in [0.29, 0.717) is 10.2 Å². The Morgan fingerprint density at radius 2 is 1.68 bits per heavy atom. The normalized spacial score (nSPS) is 19.8. The van der Waals surface area contributed by atoms with Crippen LogP contribution in [0.2, 0.25) is 0 Å². The number of hydrogen-bond donors (Lipinski definition) is 0. The number of hydrogen-bond acceptors (Lipinski definition) is 2. The summed E-state index contributed by atoms with van der Waals surface area (Å²) in [6, 6.07) is 6.23. The van der Waals surface area contributed by atoms with E-state index >= 15 is 0 Å². The molecule has 1 atom stereocenters. The van der Waals surface area contributed by atoms with Gasteiger partial charge in [-0.1, -0.05) is 48.2 Å². The van der Waals surface area contributed by atoms with E-state index in [0.717, 1.165) is 11.5 Å². The number of benzene rings is 1. The van der Waals surface area contributed by atoms with Gasteiger partial charge in [0.2, 0.25) is 0 Å². The van der Waals surface area contributed by atoms with E-state index in [4.69, 9.17) is 9.47 Å². The summed E-state index contributed by atoms with van der Waals surface area (Å²) in [5, 5.41) is 0. The van der Waals surface area contributed by atoms with Gasteiger partial charge in [-0.25, -0.2) is 0 Å². The zero-order valence-electron chi connectivity index (χ0n) is 12.0. The largest absolute Gasteiger partial charge is 0.493 e. The summed E-state index contributed by atoms with van der Waals surface area (Å²) in [5.74, 6) is 1.60. The third-order valence-electron chi connectivity index (χ3n) is 4.31. The summed E-state index contributed by atoms with van der Waals surface area (Å²) >= 11 is 3.92. The molecule has 2 nitrogen and oxygen atoms in total. The van der Waals surface area contributed by atoms with Crippen LogP contribution in [0.15, 0.2) is 18.2 Å². The van der Waals surface area contributed by atoms with Crippen LogP contribution >= 0.6 is 15.9 Å². The van der Waals surface area contributed by atoms with Gasteiger partial charge < -0.3 is 9.47 Å². The molecule has 1 saturated carbocycles. The fourth-order valence-electron chi connectivity index (χ4n) is 3.03. The van der Waals surface area contributed by atoms with Crippen molar-refractivity contribution in [3.63, 3.8) is 0 Å². The monoisotopic (exact) mass is 326 g/mol. The highest BCUT2D eigenvalue weighted by atomic mass is 79.9. The molecule has 1 unspecified atom stereocenters. The number of halogens is 1. The van der Waals surface area contributed by atoms with Gasteiger partial charge in [0, 0.05) is 4.83 Å². The molecule has 1 aliphatic rings. The number of alkyl halides is 1. The van der Waals surface area contributed by atoms with Crippen LogP contribution < -0.4 is 9.47 Å². The smallest absolute Gasteiger partial charge is 0.161 e. The van der Waals surface area contributed by atoms with Crippen LogP contribution in [0, 0.1) is 5.41 Å². The van der Waals surface area contributed by atoms with Crippen molar-refractivity contribution < 1.29 is 9.47 Å². The SMILES string of the molecule is COc1ccc(C(Br)C2(C)CCCCC2)cc1OC. The minimum atomic E-state index is 0.345. The van der Waals surface area contributed by atoms with Crippen LogP contribution in [0.1, 0.15) is 49.4 Å². The Labute approximate surface area is 124 Å². The first kappa shape index (κ1) is 14.7. The van der Waals surface area contributed by atoms with Crippen molar-refractivity contribution in [3.05, 3.63) is 23.8 Å². The van der Waals surface area contributed by atoms with Gasteiger partial charge in [-0.15, -0.1) is 0 Å². The van der Waals surface area contributed by atoms with Gasteiger partial charge in [-0.3, -0.25) is 0 Å². The van der Waals surface area contributed by atoms with Crippen molar-refractivity contribution in [2.24, 2.45) is 5.41 Å². The highest BCUT2D eigenvalue weighted by Crippen LogP contribution is 2.51. The maximum Gasteiger partial charge on any atom is 0.161 e. The lowest BCUT2D eigenvalue weighted by molar-refractivity contribution is 0.212. The second kappa shape index (κ2) is 6.17. The van der Waals surface area contributed by atoms with E-state index in [1.165, 1.54) is 37.7 Å². The van der Waals surface area contributed by atoms with Crippen molar-refractivity contribution in [2.45, 2.75) is 43.9 Å². The number of rotatable bonds is 4. The van der Waals surface area contributed by atoms with Crippen LogP contribution in [-0.2, 0) is 0 Å². The van der Waals surface area contributed by atoms with Gasteiger partial charge in [0.1, 0.15) is 0 Å². The van der Waals surface area contributed by atoms with Crippen LogP contribution in [0.25, 0.3) is 0 Å². The Balaban J connectivity index is 2.25. The predicted molar refractivity (Wildman–Crippen MR) is 82.4 cm³/mol. The first-order chi connectivity index (χ1) is 9.10. The molecule has 0 heterocycles. The third kappa shape index (κ3) is 3.07. The van der Waals surface area contributed by atoms with Crippen LogP contribution in [0.4, 0.5) is 0 Å². The molecular formula is C16H23BrO2. The maximum atomic E-state index is 5.40. The first-order valence-corrected chi connectivity index (χ1v) is 7.88. The quantitative estimate of drug-likeness (QED) is 0.716. The van der Waals surface area contributed by atoms with Crippen molar-refractivity contribution in [3.8, 4) is 11.5 Å². The van der Waals surface area contributed by atoms with E-state index in [9.17, 15) is 0 Å². The topological polar surface area (TPSA) is 18.5 Å². The molecule has 106 valence electrons. The molecule has 0 bridgehead atoms. The van der Waals surface area contributed by atoms with E-state index < -0.39 is 0 Å². The molecule has 19 heavy (non-hydrogen) atoms. The molecule has 1 fully saturated rings. The first-order valence-electron chi connectivity index (χ1n) is 6.97. The Morgan fingerprint density at radius 3 is 2.26 bits per heavy atom. The molecular weight excluding hydrogens is 304 g/mol. The average Bonchev–Trinajstić information content (AvgIpc) is 2.46. The van der Waals surface area contributed by atoms with Crippen LogP contribution in [-0.4, -0.2) is 14.2 Å². The van der Waals surface area contributed by atoms with E-state index in [1.807, 2.05) is 6.07 Å². The fraction of sp³-hybridized carbons (Fsp3) is 0.625. The van der Waals surface area contributed by atoms with Gasteiger partial charge in [0.05, 0.1) is 14.2 Å². The third-order valence-corrected chi connectivity index (χ3v) is 5.94. The molecule has 0 N–H and O–H groups in total. The predicted octanol–water partition coefficient (Wildman–Crippen LogP) is 5.11.